The average Bonchev–Trinajstić information content (AvgIpc) is 2.93. The van der Waals surface area contributed by atoms with Gasteiger partial charge in [-0.1, -0.05) is 12.2 Å². The van der Waals surface area contributed by atoms with Crippen LogP contribution in [-0.2, 0) is 6.61 Å². The van der Waals surface area contributed by atoms with Crippen molar-refractivity contribution in [2.75, 3.05) is 7.11 Å². The number of methoxy groups -OCH3 is 1. The van der Waals surface area contributed by atoms with Gasteiger partial charge in [0.05, 0.1) is 12.8 Å². The van der Waals surface area contributed by atoms with Gasteiger partial charge in [-0.15, -0.1) is 0 Å². The van der Waals surface area contributed by atoms with E-state index < -0.39 is 0 Å². The van der Waals surface area contributed by atoms with Gasteiger partial charge in [0.1, 0.15) is 11.6 Å². The number of hydrogen-bond acceptors (Lipinski definition) is 4. The first-order valence-electron chi connectivity index (χ1n) is 6.66. The Balaban J connectivity index is 2.10. The predicted molar refractivity (Wildman–Crippen MR) is 85.8 cm³/mol. The van der Waals surface area contributed by atoms with Gasteiger partial charge in [-0.2, -0.15) is 5.10 Å². The van der Waals surface area contributed by atoms with Crippen LogP contribution < -0.4 is 15.2 Å². The number of benzene rings is 1. The van der Waals surface area contributed by atoms with Crippen molar-refractivity contribution in [1.82, 2.24) is 9.78 Å². The Labute approximate surface area is 129 Å². The SMILES string of the molecule is COc1cc(C(N)=S)ccc1OCc1ccn(C(C)C)n1. The molecule has 0 unspecified atom stereocenters. The predicted octanol–water partition coefficient (Wildman–Crippen LogP) is 2.69. The summed E-state index contributed by atoms with van der Waals surface area (Å²) in [6.07, 6.45) is 1.94. The standard InChI is InChI=1S/C15H19N3O2S/c1-10(2)18-7-6-12(17-18)9-20-13-5-4-11(15(16)21)8-14(13)19-3/h4-8,10H,9H2,1-3H3,(H2,16,21). The van der Waals surface area contributed by atoms with Crippen molar-refractivity contribution in [3.63, 3.8) is 0 Å². The van der Waals surface area contributed by atoms with Gasteiger partial charge >= 0.3 is 0 Å². The maximum Gasteiger partial charge on any atom is 0.161 e. The molecule has 0 aliphatic carbocycles. The lowest BCUT2D eigenvalue weighted by atomic mass is 10.2. The minimum absolute atomic E-state index is 0.329. The maximum absolute atomic E-state index is 5.76. The summed E-state index contributed by atoms with van der Waals surface area (Å²) in [5.41, 5.74) is 7.22. The number of nitrogens with zero attached hydrogens (tertiary/aromatic N) is 2. The van der Waals surface area contributed by atoms with E-state index in [1.54, 1.807) is 19.2 Å². The van der Waals surface area contributed by atoms with E-state index in [1.165, 1.54) is 0 Å². The fourth-order valence-corrected chi connectivity index (χ4v) is 1.96. The molecule has 112 valence electrons. The van der Waals surface area contributed by atoms with E-state index in [1.807, 2.05) is 23.0 Å². The zero-order valence-corrected chi connectivity index (χ0v) is 13.2. The van der Waals surface area contributed by atoms with E-state index in [9.17, 15) is 0 Å². The summed E-state index contributed by atoms with van der Waals surface area (Å²) in [6, 6.07) is 7.65. The number of ether oxygens (including phenoxy) is 2. The molecule has 5 nitrogen and oxygen atoms in total. The number of nitrogens with two attached hydrogens (primary N) is 1. The van der Waals surface area contributed by atoms with Crippen LogP contribution in [0.4, 0.5) is 0 Å². The molecule has 2 aromatic rings. The van der Waals surface area contributed by atoms with Gasteiger partial charge in [0, 0.05) is 17.8 Å². The first kappa shape index (κ1) is 15.3. The second-order valence-corrected chi connectivity index (χ2v) is 5.34. The van der Waals surface area contributed by atoms with Crippen molar-refractivity contribution in [2.24, 2.45) is 5.73 Å². The minimum Gasteiger partial charge on any atom is -0.493 e. The van der Waals surface area contributed by atoms with Gasteiger partial charge < -0.3 is 15.2 Å². The molecule has 0 radical (unpaired) electrons. The number of rotatable bonds is 6. The van der Waals surface area contributed by atoms with Crippen LogP contribution in [0, 0.1) is 0 Å². The van der Waals surface area contributed by atoms with Gasteiger partial charge in [0.2, 0.25) is 0 Å². The molecule has 2 rings (SSSR count). The van der Waals surface area contributed by atoms with Gasteiger partial charge in [-0.25, -0.2) is 0 Å². The van der Waals surface area contributed by atoms with Crippen LogP contribution in [-0.4, -0.2) is 21.9 Å². The van der Waals surface area contributed by atoms with E-state index >= 15 is 0 Å². The smallest absolute Gasteiger partial charge is 0.161 e. The molecule has 1 aromatic heterocycles. The highest BCUT2D eigenvalue weighted by Gasteiger charge is 2.09. The van der Waals surface area contributed by atoms with Gasteiger partial charge in [-0.05, 0) is 38.1 Å². The second-order valence-electron chi connectivity index (χ2n) is 4.90. The van der Waals surface area contributed by atoms with Crippen LogP contribution in [0.1, 0.15) is 31.1 Å². The molecule has 0 aliphatic heterocycles. The van der Waals surface area contributed by atoms with Crippen LogP contribution in [0.15, 0.2) is 30.5 Å². The van der Waals surface area contributed by atoms with Crippen LogP contribution in [0.2, 0.25) is 0 Å². The molecule has 2 N–H and O–H groups in total. The Hall–Kier alpha value is -2.08. The van der Waals surface area contributed by atoms with E-state index in [0.717, 1.165) is 11.3 Å². The summed E-state index contributed by atoms with van der Waals surface area (Å²) in [5.74, 6) is 1.24. The van der Waals surface area contributed by atoms with Crippen LogP contribution in [0.5, 0.6) is 11.5 Å². The number of hydrogen-bond donors (Lipinski definition) is 1. The summed E-state index contributed by atoms with van der Waals surface area (Å²) >= 11 is 4.95. The highest BCUT2D eigenvalue weighted by atomic mass is 32.1. The zero-order valence-electron chi connectivity index (χ0n) is 12.4. The molecule has 0 aliphatic rings. The van der Waals surface area contributed by atoms with Crippen LogP contribution >= 0.6 is 12.2 Å². The molecular weight excluding hydrogens is 286 g/mol. The summed E-state index contributed by atoms with van der Waals surface area (Å²) < 4.78 is 13.0. The molecule has 6 heteroatoms. The third-order valence-corrected chi connectivity index (χ3v) is 3.25. The highest BCUT2D eigenvalue weighted by molar-refractivity contribution is 7.80. The third kappa shape index (κ3) is 3.72. The topological polar surface area (TPSA) is 62.3 Å². The molecule has 0 amide bonds. The quantitative estimate of drug-likeness (QED) is 0.831. The number of thiocarbonyl (C=S) groups is 1. The molecule has 0 spiro atoms. The van der Waals surface area contributed by atoms with Crippen LogP contribution in [0.25, 0.3) is 0 Å². The molecule has 0 saturated carbocycles. The van der Waals surface area contributed by atoms with Crippen molar-refractivity contribution >= 4 is 17.2 Å². The summed E-state index contributed by atoms with van der Waals surface area (Å²) in [6.45, 7) is 4.53. The number of aromatic nitrogens is 2. The normalized spacial score (nSPS) is 10.7. The van der Waals surface area contributed by atoms with Crippen molar-refractivity contribution < 1.29 is 9.47 Å². The molecule has 1 aromatic carbocycles. The third-order valence-electron chi connectivity index (χ3n) is 3.02. The fourth-order valence-electron chi connectivity index (χ4n) is 1.83. The van der Waals surface area contributed by atoms with E-state index in [2.05, 4.69) is 18.9 Å². The van der Waals surface area contributed by atoms with Crippen molar-refractivity contribution in [3.8, 4) is 11.5 Å². The maximum atomic E-state index is 5.76. The van der Waals surface area contributed by atoms with Crippen molar-refractivity contribution in [2.45, 2.75) is 26.5 Å². The van der Waals surface area contributed by atoms with Crippen molar-refractivity contribution in [3.05, 3.63) is 41.7 Å². The van der Waals surface area contributed by atoms with E-state index in [-0.39, 0.29) is 0 Å². The van der Waals surface area contributed by atoms with Gasteiger partial charge in [-0.3, -0.25) is 4.68 Å². The first-order valence-corrected chi connectivity index (χ1v) is 7.06. The second kappa shape index (κ2) is 6.58. The Morgan fingerprint density at radius 1 is 1.33 bits per heavy atom. The average molecular weight is 305 g/mol. The molecule has 0 fully saturated rings. The summed E-state index contributed by atoms with van der Waals surface area (Å²) in [4.78, 5) is 0.329. The Morgan fingerprint density at radius 2 is 2.10 bits per heavy atom. The molecule has 1 heterocycles. The summed E-state index contributed by atoms with van der Waals surface area (Å²) in [5, 5.41) is 4.44. The highest BCUT2D eigenvalue weighted by Crippen LogP contribution is 2.28. The van der Waals surface area contributed by atoms with Gasteiger partial charge in [0.15, 0.2) is 11.5 Å². The zero-order chi connectivity index (χ0) is 15.4. The lowest BCUT2D eigenvalue weighted by Gasteiger charge is -2.11. The van der Waals surface area contributed by atoms with Crippen LogP contribution in [0.3, 0.4) is 0 Å². The lowest BCUT2D eigenvalue weighted by molar-refractivity contribution is 0.279. The van der Waals surface area contributed by atoms with E-state index in [0.29, 0.717) is 29.1 Å². The van der Waals surface area contributed by atoms with Gasteiger partial charge in [0.25, 0.3) is 0 Å². The lowest BCUT2D eigenvalue weighted by Crippen LogP contribution is -2.09. The minimum atomic E-state index is 0.329. The first-order chi connectivity index (χ1) is 10.0. The fraction of sp³-hybridized carbons (Fsp3) is 0.333. The summed E-state index contributed by atoms with van der Waals surface area (Å²) in [7, 11) is 1.58. The molecule has 0 atom stereocenters. The molecule has 0 bridgehead atoms. The Kier molecular flexibility index (Phi) is 4.80. The Bertz CT molecular complexity index is 638. The molecule has 0 saturated heterocycles. The molecular formula is C15H19N3O2S. The van der Waals surface area contributed by atoms with Crippen molar-refractivity contribution in [1.29, 1.82) is 0 Å². The monoisotopic (exact) mass is 305 g/mol. The van der Waals surface area contributed by atoms with E-state index in [4.69, 9.17) is 27.4 Å². The largest absolute Gasteiger partial charge is 0.493 e. The Morgan fingerprint density at radius 3 is 2.67 bits per heavy atom. The molecule has 21 heavy (non-hydrogen) atoms.